The van der Waals surface area contributed by atoms with Crippen molar-refractivity contribution in [3.63, 3.8) is 0 Å². The molecule has 0 radical (unpaired) electrons. The minimum absolute atomic E-state index is 0.0105. The van der Waals surface area contributed by atoms with Gasteiger partial charge < -0.3 is 20.7 Å². The van der Waals surface area contributed by atoms with Gasteiger partial charge in [0.25, 0.3) is 0 Å². The van der Waals surface area contributed by atoms with Gasteiger partial charge in [0.2, 0.25) is 0 Å². The Morgan fingerprint density at radius 2 is 1.95 bits per heavy atom. The Bertz CT molecular complexity index is 1590. The van der Waals surface area contributed by atoms with E-state index in [2.05, 4.69) is 10.3 Å². The van der Waals surface area contributed by atoms with Crippen LogP contribution in [0.5, 0.6) is 0 Å². The molecule has 0 saturated heterocycles. The molecule has 2 aromatic carbocycles. The van der Waals surface area contributed by atoms with Gasteiger partial charge in [0.1, 0.15) is 11.7 Å². The van der Waals surface area contributed by atoms with Crippen molar-refractivity contribution >= 4 is 28.5 Å². The largest absolute Gasteiger partial charge is 0.481 e. The Morgan fingerprint density at radius 3 is 2.65 bits per heavy atom. The highest BCUT2D eigenvalue weighted by molar-refractivity contribution is 5.95. The van der Waals surface area contributed by atoms with Crippen molar-refractivity contribution in [1.82, 2.24) is 24.3 Å². The van der Waals surface area contributed by atoms with Gasteiger partial charge in [-0.25, -0.2) is 9.67 Å². The maximum absolute atomic E-state index is 11.1. The molecule has 5 N–H and O–H groups in total. The predicted octanol–water partition coefficient (Wildman–Crippen LogP) is 3.73. The summed E-state index contributed by atoms with van der Waals surface area (Å²) in [4.78, 5) is 20.2. The summed E-state index contributed by atoms with van der Waals surface area (Å²) in [5.41, 5.74) is 12.2. The first-order valence-corrected chi connectivity index (χ1v) is 11.7. The van der Waals surface area contributed by atoms with Crippen LogP contribution >= 0.6 is 0 Å². The van der Waals surface area contributed by atoms with Crippen LogP contribution in [0.25, 0.3) is 28.0 Å². The van der Waals surface area contributed by atoms with Crippen molar-refractivity contribution < 1.29 is 9.90 Å². The molecule has 0 bridgehead atoms. The number of nitrogens with two attached hydrogens (primary N) is 1. The Labute approximate surface area is 212 Å². The number of aliphatic carboxylic acids is 1. The molecule has 0 atom stereocenters. The molecule has 10 nitrogen and oxygen atoms in total. The average Bonchev–Trinajstić information content (AvgIpc) is 3.48. The molecule has 0 spiro atoms. The van der Waals surface area contributed by atoms with E-state index in [1.54, 1.807) is 24.5 Å². The third-order valence-electron chi connectivity index (χ3n) is 6.16. The van der Waals surface area contributed by atoms with Crippen LogP contribution in [0.1, 0.15) is 23.5 Å². The molecule has 3 aromatic heterocycles. The highest BCUT2D eigenvalue weighted by Gasteiger charge is 2.15. The highest BCUT2D eigenvalue weighted by Crippen LogP contribution is 2.26. The third-order valence-corrected chi connectivity index (χ3v) is 6.16. The molecule has 0 saturated carbocycles. The molecule has 186 valence electrons. The van der Waals surface area contributed by atoms with E-state index in [1.807, 2.05) is 64.8 Å². The lowest BCUT2D eigenvalue weighted by Crippen LogP contribution is -2.11. The summed E-state index contributed by atoms with van der Waals surface area (Å²) in [5, 5.41) is 24.7. The smallest absolute Gasteiger partial charge is 0.303 e. The van der Waals surface area contributed by atoms with E-state index >= 15 is 0 Å². The highest BCUT2D eigenvalue weighted by atomic mass is 16.4. The lowest BCUT2D eigenvalue weighted by molar-refractivity contribution is -0.136. The van der Waals surface area contributed by atoms with E-state index in [4.69, 9.17) is 26.3 Å². The average molecular weight is 495 g/mol. The number of nitrogen functional groups attached to an aromatic ring is 1. The number of anilines is 1. The zero-order valence-corrected chi connectivity index (χ0v) is 20.2. The molecule has 0 aliphatic carbocycles. The molecule has 37 heavy (non-hydrogen) atoms. The van der Waals surface area contributed by atoms with Crippen LogP contribution in [-0.4, -0.2) is 41.2 Å². The van der Waals surface area contributed by atoms with Crippen LogP contribution < -0.4 is 11.1 Å². The van der Waals surface area contributed by atoms with Gasteiger partial charge in [-0.05, 0) is 60.7 Å². The van der Waals surface area contributed by atoms with Gasteiger partial charge in [0.15, 0.2) is 0 Å². The maximum atomic E-state index is 11.1. The van der Waals surface area contributed by atoms with Crippen molar-refractivity contribution in [2.45, 2.75) is 19.4 Å². The van der Waals surface area contributed by atoms with Crippen LogP contribution in [0, 0.1) is 5.41 Å². The molecule has 0 unspecified atom stereocenters. The van der Waals surface area contributed by atoms with E-state index in [1.165, 1.54) is 0 Å². The molecule has 5 aromatic rings. The molecule has 3 heterocycles. The first-order chi connectivity index (χ1) is 17.9. The quantitative estimate of drug-likeness (QED) is 0.180. The van der Waals surface area contributed by atoms with Crippen LogP contribution in [0.15, 0.2) is 73.1 Å². The molecule has 5 rings (SSSR count). The maximum Gasteiger partial charge on any atom is 0.303 e. The predicted molar refractivity (Wildman–Crippen MR) is 142 cm³/mol. The second-order valence-corrected chi connectivity index (χ2v) is 8.67. The van der Waals surface area contributed by atoms with Crippen LogP contribution in [0.2, 0.25) is 0 Å². The Hall–Kier alpha value is -4.99. The van der Waals surface area contributed by atoms with Crippen molar-refractivity contribution in [2.75, 3.05) is 5.32 Å². The number of hydrogen-bond donors (Lipinski definition) is 4. The van der Waals surface area contributed by atoms with Crippen LogP contribution in [0.4, 0.5) is 5.69 Å². The van der Waals surface area contributed by atoms with Gasteiger partial charge in [-0.3, -0.25) is 15.2 Å². The molecule has 0 aliphatic rings. The van der Waals surface area contributed by atoms with E-state index in [0.717, 1.165) is 39.5 Å². The number of carboxylic acids is 1. The zero-order chi connectivity index (χ0) is 25.9. The Balaban J connectivity index is 1.45. The fourth-order valence-electron chi connectivity index (χ4n) is 4.18. The van der Waals surface area contributed by atoms with Crippen molar-refractivity contribution in [1.29, 1.82) is 5.41 Å². The number of carbonyl (C=O) groups is 1. The molecule has 0 aliphatic heterocycles. The molecular weight excluding hydrogens is 468 g/mol. The summed E-state index contributed by atoms with van der Waals surface area (Å²) < 4.78 is 3.86. The number of carboxylic acid groups (broad SMARTS) is 1. The summed E-state index contributed by atoms with van der Waals surface area (Å²) >= 11 is 0. The van der Waals surface area contributed by atoms with E-state index in [-0.39, 0.29) is 12.3 Å². The monoisotopic (exact) mass is 494 g/mol. The number of benzene rings is 2. The zero-order valence-electron chi connectivity index (χ0n) is 20.2. The summed E-state index contributed by atoms with van der Waals surface area (Å²) in [6.45, 7) is 0.516. The second kappa shape index (κ2) is 9.94. The summed E-state index contributed by atoms with van der Waals surface area (Å²) in [7, 11) is 1.98. The van der Waals surface area contributed by atoms with Crippen LogP contribution in [-0.2, 0) is 24.8 Å². The topological polar surface area (TPSA) is 148 Å². The minimum atomic E-state index is -0.858. The summed E-state index contributed by atoms with van der Waals surface area (Å²) in [6, 6.07) is 19.1. The van der Waals surface area contributed by atoms with E-state index < -0.39 is 5.97 Å². The van der Waals surface area contributed by atoms with Crippen molar-refractivity contribution in [2.24, 2.45) is 12.8 Å². The van der Waals surface area contributed by atoms with Gasteiger partial charge >= 0.3 is 5.97 Å². The van der Waals surface area contributed by atoms with Gasteiger partial charge in [0.05, 0.1) is 41.1 Å². The number of fused-ring (bicyclic) bond motifs is 1. The number of hydrogen-bond acceptors (Lipinski definition) is 6. The van der Waals surface area contributed by atoms with Crippen molar-refractivity contribution in [3.8, 4) is 16.9 Å². The number of nitrogens with zero attached hydrogens (tertiary/aromatic N) is 5. The van der Waals surface area contributed by atoms with Crippen molar-refractivity contribution in [3.05, 3.63) is 90.1 Å². The molecule has 0 amide bonds. The fourth-order valence-corrected chi connectivity index (χ4v) is 4.18. The van der Waals surface area contributed by atoms with Gasteiger partial charge in [-0.2, -0.15) is 5.10 Å². The Morgan fingerprint density at radius 1 is 1.14 bits per heavy atom. The first-order valence-electron chi connectivity index (χ1n) is 11.7. The number of aryl methyl sites for hydroxylation is 2. The Kier molecular flexibility index (Phi) is 6.38. The third kappa shape index (κ3) is 5.03. The van der Waals surface area contributed by atoms with Crippen LogP contribution in [0.3, 0.4) is 0 Å². The van der Waals surface area contributed by atoms with E-state index in [9.17, 15) is 4.79 Å². The SMILES string of the molecule is Cn1c(CNc2ccc(C(=N)N)cc2)nc2cc(-n3nc(CCC(=O)O)cc3-c3cccnc3)ccc21. The lowest BCUT2D eigenvalue weighted by Gasteiger charge is -2.08. The molecule has 10 heteroatoms. The number of pyridine rings is 1. The number of amidine groups is 1. The minimum Gasteiger partial charge on any atom is -0.481 e. The number of rotatable bonds is 9. The normalized spacial score (nSPS) is 11.1. The summed E-state index contributed by atoms with van der Waals surface area (Å²) in [5.74, 6) is 0.0387. The van der Waals surface area contributed by atoms with E-state index in [0.29, 0.717) is 24.2 Å². The summed E-state index contributed by atoms with van der Waals surface area (Å²) in [6.07, 6.45) is 3.82. The molecular formula is C27H26N8O2. The lowest BCUT2D eigenvalue weighted by atomic mass is 10.1. The van der Waals surface area contributed by atoms with Gasteiger partial charge in [-0.15, -0.1) is 0 Å². The van der Waals surface area contributed by atoms with Gasteiger partial charge in [0, 0.05) is 42.7 Å². The first kappa shape index (κ1) is 23.7. The standard InChI is InChI=1S/C27H26N8O2/c1-34-23-10-9-21(14-22(23)32-25(34)16-31-19-6-4-17(5-7-19)27(28)29)35-24(18-3-2-12-30-15-18)13-20(33-35)8-11-26(36)37/h2-7,9-10,12-15,31H,8,11,16H2,1H3,(H3,28,29)(H,36,37). The van der Waals surface area contributed by atoms with Gasteiger partial charge in [-0.1, -0.05) is 0 Å². The second-order valence-electron chi connectivity index (χ2n) is 8.67. The molecule has 0 fully saturated rings. The fraction of sp³-hybridized carbons (Fsp3) is 0.148. The number of nitrogens with one attached hydrogen (secondary N) is 2. The number of imidazole rings is 1. The number of aromatic nitrogens is 5.